The molecule has 0 bridgehead atoms. The largest absolute Gasteiger partial charge is 0.320 e. The number of anilines is 4. The highest BCUT2D eigenvalue weighted by atomic mass is 15.1. The second-order valence-electron chi connectivity index (χ2n) is 10.5. The minimum Gasteiger partial charge on any atom is -0.320 e. The van der Waals surface area contributed by atoms with E-state index >= 15 is 0 Å². The Kier molecular flexibility index (Phi) is 6.58. The van der Waals surface area contributed by atoms with Crippen LogP contribution in [0.4, 0.5) is 22.7 Å². The zero-order chi connectivity index (χ0) is 27.6. The van der Waals surface area contributed by atoms with Gasteiger partial charge < -0.3 is 9.80 Å². The van der Waals surface area contributed by atoms with Gasteiger partial charge in [-0.15, -0.1) is 0 Å². The molecule has 0 aromatic heterocycles. The number of nitrogens with zero attached hydrogens (tertiary/aromatic N) is 2. The van der Waals surface area contributed by atoms with Crippen molar-refractivity contribution in [3.63, 3.8) is 0 Å². The Morgan fingerprint density at radius 1 is 0.610 bits per heavy atom. The molecule has 0 saturated heterocycles. The Morgan fingerprint density at radius 3 is 1.78 bits per heavy atom. The van der Waals surface area contributed by atoms with Gasteiger partial charge >= 0.3 is 0 Å². The number of hydrogen-bond acceptors (Lipinski definition) is 2. The molecule has 1 aliphatic carbocycles. The van der Waals surface area contributed by atoms with Crippen LogP contribution in [-0.4, -0.2) is 0 Å². The molecule has 2 nitrogen and oxygen atoms in total. The normalized spacial score (nSPS) is 13.6. The molecule has 0 aliphatic heterocycles. The lowest BCUT2D eigenvalue weighted by Gasteiger charge is -2.29. The molecule has 0 unspecified atom stereocenters. The lowest BCUT2D eigenvalue weighted by molar-refractivity contribution is 0.916. The van der Waals surface area contributed by atoms with Crippen molar-refractivity contribution in [2.24, 2.45) is 0 Å². The molecule has 0 atom stereocenters. The van der Waals surface area contributed by atoms with Gasteiger partial charge in [-0.3, -0.25) is 0 Å². The van der Waals surface area contributed by atoms with Crippen LogP contribution >= 0.6 is 0 Å². The summed E-state index contributed by atoms with van der Waals surface area (Å²) in [7, 11) is 0. The van der Waals surface area contributed by atoms with Crippen LogP contribution in [0.5, 0.6) is 0 Å². The maximum absolute atomic E-state index is 2.37. The Bertz CT molecular complexity index is 1910. The van der Waals surface area contributed by atoms with Gasteiger partial charge in [0.25, 0.3) is 0 Å². The van der Waals surface area contributed by atoms with Crippen LogP contribution in [0, 0.1) is 0 Å². The van der Waals surface area contributed by atoms with Crippen molar-refractivity contribution in [2.75, 3.05) is 9.80 Å². The van der Waals surface area contributed by atoms with Gasteiger partial charge in [-0.25, -0.2) is 0 Å². The molecule has 198 valence electrons. The molecule has 7 rings (SSSR count). The maximum Gasteiger partial charge on any atom is 0.0540 e. The molecule has 0 saturated carbocycles. The van der Waals surface area contributed by atoms with Crippen LogP contribution in [0.3, 0.4) is 0 Å². The fourth-order valence-corrected chi connectivity index (χ4v) is 6.12. The second-order valence-corrected chi connectivity index (χ2v) is 10.5. The smallest absolute Gasteiger partial charge is 0.0540 e. The standard InChI is InChI=1S/C39H32N2/c1-2-3-13-28-40(31-14-7-4-8-15-31)36-26-22-29-21-25-35-37(27-23-30-20-24-34(36)38(29)39(30)35)41(32-16-9-5-10-17-32)33-18-11-6-12-19-33/h2-7,9-14,16-28H,8,15H2,1H3/b3-2-,28-13+. The first kappa shape index (κ1) is 24.9. The minimum absolute atomic E-state index is 1.02. The summed E-state index contributed by atoms with van der Waals surface area (Å²) in [6.07, 6.45) is 17.2. The molecule has 2 heteroatoms. The van der Waals surface area contributed by atoms with Gasteiger partial charge in [0, 0.05) is 34.0 Å². The van der Waals surface area contributed by atoms with Crippen molar-refractivity contribution < 1.29 is 0 Å². The highest BCUT2D eigenvalue weighted by molar-refractivity contribution is 6.27. The highest BCUT2D eigenvalue weighted by Gasteiger charge is 2.20. The van der Waals surface area contributed by atoms with E-state index in [1.54, 1.807) is 0 Å². The average molecular weight is 529 g/mol. The van der Waals surface area contributed by atoms with Gasteiger partial charge in [0.05, 0.1) is 11.4 Å². The summed E-state index contributed by atoms with van der Waals surface area (Å²) < 4.78 is 0. The molecule has 6 aromatic rings. The van der Waals surface area contributed by atoms with Crippen LogP contribution in [0.2, 0.25) is 0 Å². The summed E-state index contributed by atoms with van der Waals surface area (Å²) in [5, 5.41) is 7.67. The fraction of sp³-hybridized carbons (Fsp3) is 0.0769. The zero-order valence-corrected chi connectivity index (χ0v) is 23.2. The summed E-state index contributed by atoms with van der Waals surface area (Å²) >= 11 is 0. The SMILES string of the molecule is C/C=C\C=C\N(C1=CC=CCC1)c1ccc2ccc3c(N(c4ccccc4)c4ccccc4)ccc4ccc1c2c43. The second kappa shape index (κ2) is 10.8. The molecule has 0 amide bonds. The predicted molar refractivity (Wildman–Crippen MR) is 178 cm³/mol. The molecule has 0 N–H and O–H groups in total. The third-order valence-corrected chi connectivity index (χ3v) is 7.99. The lowest BCUT2D eigenvalue weighted by Crippen LogP contribution is -2.16. The summed E-state index contributed by atoms with van der Waals surface area (Å²) in [6.45, 7) is 2.05. The molecule has 0 heterocycles. The van der Waals surface area contributed by atoms with E-state index in [2.05, 4.69) is 169 Å². The fourth-order valence-electron chi connectivity index (χ4n) is 6.12. The van der Waals surface area contributed by atoms with Crippen molar-refractivity contribution >= 4 is 55.1 Å². The van der Waals surface area contributed by atoms with Crippen LogP contribution in [0.25, 0.3) is 32.3 Å². The first-order chi connectivity index (χ1) is 20.3. The van der Waals surface area contributed by atoms with Crippen LogP contribution in [0.1, 0.15) is 19.8 Å². The van der Waals surface area contributed by atoms with Gasteiger partial charge in [-0.1, -0.05) is 97.1 Å². The van der Waals surface area contributed by atoms with E-state index in [1.165, 1.54) is 49.4 Å². The van der Waals surface area contributed by atoms with E-state index in [0.29, 0.717) is 0 Å². The number of para-hydroxylation sites is 2. The monoisotopic (exact) mass is 528 g/mol. The Morgan fingerprint density at radius 2 is 1.20 bits per heavy atom. The van der Waals surface area contributed by atoms with E-state index in [9.17, 15) is 0 Å². The van der Waals surface area contributed by atoms with E-state index in [0.717, 1.165) is 24.2 Å². The molecule has 0 spiro atoms. The molecule has 0 radical (unpaired) electrons. The van der Waals surface area contributed by atoms with Crippen LogP contribution < -0.4 is 9.80 Å². The van der Waals surface area contributed by atoms with E-state index in [1.807, 2.05) is 0 Å². The third kappa shape index (κ3) is 4.48. The van der Waals surface area contributed by atoms with Crippen LogP contribution in [0.15, 0.2) is 158 Å². The Labute approximate surface area is 241 Å². The van der Waals surface area contributed by atoms with Crippen LogP contribution in [-0.2, 0) is 0 Å². The molecular formula is C39H32N2. The zero-order valence-electron chi connectivity index (χ0n) is 23.2. The first-order valence-electron chi connectivity index (χ1n) is 14.4. The quantitative estimate of drug-likeness (QED) is 0.150. The van der Waals surface area contributed by atoms with Gasteiger partial charge in [0.1, 0.15) is 0 Å². The lowest BCUT2D eigenvalue weighted by atomic mass is 9.91. The Balaban J connectivity index is 1.49. The van der Waals surface area contributed by atoms with Gasteiger partial charge in [0.2, 0.25) is 0 Å². The van der Waals surface area contributed by atoms with Crippen molar-refractivity contribution in [3.8, 4) is 0 Å². The topological polar surface area (TPSA) is 6.48 Å². The van der Waals surface area contributed by atoms with Gasteiger partial charge in [-0.05, 0) is 89.9 Å². The van der Waals surface area contributed by atoms with Crippen molar-refractivity contribution in [1.29, 1.82) is 0 Å². The summed E-state index contributed by atoms with van der Waals surface area (Å²) in [5.74, 6) is 0. The Hall–Kier alpha value is -5.08. The minimum atomic E-state index is 1.02. The maximum atomic E-state index is 2.37. The molecule has 1 aliphatic rings. The van der Waals surface area contributed by atoms with Gasteiger partial charge in [0.15, 0.2) is 0 Å². The van der Waals surface area contributed by atoms with Crippen molar-refractivity contribution in [2.45, 2.75) is 19.8 Å². The van der Waals surface area contributed by atoms with E-state index < -0.39 is 0 Å². The van der Waals surface area contributed by atoms with E-state index in [-0.39, 0.29) is 0 Å². The third-order valence-electron chi connectivity index (χ3n) is 7.99. The first-order valence-corrected chi connectivity index (χ1v) is 14.4. The average Bonchev–Trinajstić information content (AvgIpc) is 3.04. The van der Waals surface area contributed by atoms with Gasteiger partial charge in [-0.2, -0.15) is 0 Å². The number of rotatable bonds is 7. The number of hydrogen-bond donors (Lipinski definition) is 0. The number of benzene rings is 6. The number of allylic oxidation sites excluding steroid dienone is 7. The summed E-state index contributed by atoms with van der Waals surface area (Å²) in [6, 6.07) is 39.6. The highest BCUT2D eigenvalue weighted by Crippen LogP contribution is 2.45. The molecule has 41 heavy (non-hydrogen) atoms. The summed E-state index contributed by atoms with van der Waals surface area (Å²) in [4.78, 5) is 4.74. The molecule has 0 fully saturated rings. The summed E-state index contributed by atoms with van der Waals surface area (Å²) in [5.41, 5.74) is 5.99. The molecular weight excluding hydrogens is 496 g/mol. The van der Waals surface area contributed by atoms with E-state index in [4.69, 9.17) is 0 Å². The van der Waals surface area contributed by atoms with Crippen molar-refractivity contribution in [3.05, 3.63) is 158 Å². The predicted octanol–water partition coefficient (Wildman–Crippen LogP) is 11.2. The molecule has 6 aromatic carbocycles. The van der Waals surface area contributed by atoms with Crippen molar-refractivity contribution in [1.82, 2.24) is 0 Å².